The molecule has 1 aliphatic heterocycles. The summed E-state index contributed by atoms with van der Waals surface area (Å²) in [6.07, 6.45) is 8.07. The minimum absolute atomic E-state index is 0.734. The third kappa shape index (κ3) is 3.64. The molecule has 4 nitrogen and oxygen atoms in total. The van der Waals surface area contributed by atoms with E-state index < -0.39 is 0 Å². The molecule has 1 aromatic heterocycles. The van der Waals surface area contributed by atoms with Crippen LogP contribution in [-0.4, -0.2) is 35.9 Å². The van der Waals surface area contributed by atoms with Gasteiger partial charge in [-0.1, -0.05) is 0 Å². The van der Waals surface area contributed by atoms with E-state index in [-0.39, 0.29) is 0 Å². The standard InChI is InChI=1S/C11H19N3O/c1(5-14-6-4-13-10-14)3-12-8-11-2-7-15-9-11/h4,6,10-12H,1-3,5,7-9H2. The highest BCUT2D eigenvalue weighted by atomic mass is 16.5. The minimum atomic E-state index is 0.734. The summed E-state index contributed by atoms with van der Waals surface area (Å²) in [4.78, 5) is 4.01. The van der Waals surface area contributed by atoms with Crippen molar-refractivity contribution in [2.24, 2.45) is 5.92 Å². The Kier molecular flexibility index (Phi) is 4.17. The van der Waals surface area contributed by atoms with Crippen molar-refractivity contribution >= 4 is 0 Å². The van der Waals surface area contributed by atoms with Crippen LogP contribution in [0.25, 0.3) is 0 Å². The fraction of sp³-hybridized carbons (Fsp3) is 0.727. The van der Waals surface area contributed by atoms with Gasteiger partial charge in [0.05, 0.1) is 12.9 Å². The van der Waals surface area contributed by atoms with Gasteiger partial charge in [0.2, 0.25) is 0 Å². The average Bonchev–Trinajstić information content (AvgIpc) is 2.88. The number of nitrogens with zero attached hydrogens (tertiary/aromatic N) is 2. The number of imidazole rings is 1. The Balaban J connectivity index is 1.48. The van der Waals surface area contributed by atoms with E-state index in [1.165, 1.54) is 6.42 Å². The van der Waals surface area contributed by atoms with Gasteiger partial charge in [-0.15, -0.1) is 0 Å². The van der Waals surface area contributed by atoms with E-state index in [0.29, 0.717) is 0 Å². The Hall–Kier alpha value is -0.870. The van der Waals surface area contributed by atoms with Crippen molar-refractivity contribution < 1.29 is 4.74 Å². The zero-order chi connectivity index (χ0) is 10.3. The lowest BCUT2D eigenvalue weighted by Gasteiger charge is -2.09. The number of aromatic nitrogens is 2. The van der Waals surface area contributed by atoms with Gasteiger partial charge < -0.3 is 14.6 Å². The molecule has 1 aliphatic rings. The Morgan fingerprint density at radius 3 is 3.27 bits per heavy atom. The van der Waals surface area contributed by atoms with E-state index in [4.69, 9.17) is 4.74 Å². The van der Waals surface area contributed by atoms with Gasteiger partial charge in [0.1, 0.15) is 0 Å². The highest BCUT2D eigenvalue weighted by Crippen LogP contribution is 2.10. The Labute approximate surface area is 90.6 Å². The summed E-state index contributed by atoms with van der Waals surface area (Å²) in [5, 5.41) is 3.48. The van der Waals surface area contributed by atoms with Crippen LogP contribution >= 0.6 is 0 Å². The van der Waals surface area contributed by atoms with Gasteiger partial charge in [0.25, 0.3) is 0 Å². The van der Waals surface area contributed by atoms with Gasteiger partial charge in [0.15, 0.2) is 0 Å². The van der Waals surface area contributed by atoms with Gasteiger partial charge in [-0.25, -0.2) is 4.98 Å². The van der Waals surface area contributed by atoms with Crippen molar-refractivity contribution in [3.05, 3.63) is 18.7 Å². The number of ether oxygens (including phenoxy) is 1. The first kappa shape index (κ1) is 10.6. The third-order valence-electron chi connectivity index (χ3n) is 2.79. The van der Waals surface area contributed by atoms with Gasteiger partial charge in [-0.3, -0.25) is 0 Å². The predicted molar refractivity (Wildman–Crippen MR) is 58.6 cm³/mol. The molecule has 1 unspecified atom stereocenters. The molecule has 0 aromatic carbocycles. The second-order valence-electron chi connectivity index (χ2n) is 4.09. The topological polar surface area (TPSA) is 39.1 Å². The maximum Gasteiger partial charge on any atom is 0.0945 e. The fourth-order valence-electron chi connectivity index (χ4n) is 1.86. The first-order valence-corrected chi connectivity index (χ1v) is 5.69. The van der Waals surface area contributed by atoms with Gasteiger partial charge in [0, 0.05) is 32.1 Å². The molecule has 0 amide bonds. The van der Waals surface area contributed by atoms with Crippen molar-refractivity contribution in [2.45, 2.75) is 19.4 Å². The number of aryl methyl sites for hydroxylation is 1. The smallest absolute Gasteiger partial charge is 0.0945 e. The van der Waals surface area contributed by atoms with E-state index in [9.17, 15) is 0 Å². The van der Waals surface area contributed by atoms with Crippen molar-refractivity contribution in [3.63, 3.8) is 0 Å². The quantitative estimate of drug-likeness (QED) is 0.707. The molecule has 1 saturated heterocycles. The summed E-state index contributed by atoms with van der Waals surface area (Å²) < 4.78 is 7.43. The molecule has 1 N–H and O–H groups in total. The van der Waals surface area contributed by atoms with Crippen molar-refractivity contribution in [1.29, 1.82) is 0 Å². The molecule has 15 heavy (non-hydrogen) atoms. The lowest BCUT2D eigenvalue weighted by molar-refractivity contribution is 0.185. The molecule has 1 fully saturated rings. The summed E-state index contributed by atoms with van der Waals surface area (Å²) in [6.45, 7) is 5.11. The number of hydrogen-bond acceptors (Lipinski definition) is 3. The lowest BCUT2D eigenvalue weighted by Crippen LogP contribution is -2.24. The van der Waals surface area contributed by atoms with E-state index in [1.54, 1.807) is 0 Å². The molecule has 0 bridgehead atoms. The minimum Gasteiger partial charge on any atom is -0.381 e. The number of rotatable bonds is 6. The van der Waals surface area contributed by atoms with Crippen LogP contribution in [0.3, 0.4) is 0 Å². The van der Waals surface area contributed by atoms with Crippen LogP contribution in [0.5, 0.6) is 0 Å². The second-order valence-corrected chi connectivity index (χ2v) is 4.09. The van der Waals surface area contributed by atoms with Crippen LogP contribution < -0.4 is 5.32 Å². The molecular weight excluding hydrogens is 190 g/mol. The van der Waals surface area contributed by atoms with Crippen LogP contribution in [0.2, 0.25) is 0 Å². The molecule has 0 aliphatic carbocycles. The van der Waals surface area contributed by atoms with Crippen LogP contribution in [0.4, 0.5) is 0 Å². The molecular formula is C11H19N3O. The van der Waals surface area contributed by atoms with Gasteiger partial charge in [-0.2, -0.15) is 0 Å². The fourth-order valence-corrected chi connectivity index (χ4v) is 1.86. The molecule has 0 spiro atoms. The number of nitrogens with one attached hydrogen (secondary N) is 1. The maximum atomic E-state index is 5.32. The lowest BCUT2D eigenvalue weighted by atomic mass is 10.1. The Bertz CT molecular complexity index is 255. The van der Waals surface area contributed by atoms with Crippen LogP contribution in [0, 0.1) is 5.92 Å². The molecule has 0 radical (unpaired) electrons. The van der Waals surface area contributed by atoms with Crippen LogP contribution in [-0.2, 0) is 11.3 Å². The first-order valence-electron chi connectivity index (χ1n) is 5.69. The molecule has 1 aromatic rings. The highest BCUT2D eigenvalue weighted by molar-refractivity contribution is 4.74. The zero-order valence-corrected chi connectivity index (χ0v) is 9.06. The molecule has 4 heteroatoms. The zero-order valence-electron chi connectivity index (χ0n) is 9.06. The summed E-state index contributed by atoms with van der Waals surface area (Å²) in [5.74, 6) is 0.734. The third-order valence-corrected chi connectivity index (χ3v) is 2.79. The Morgan fingerprint density at radius 1 is 1.53 bits per heavy atom. The van der Waals surface area contributed by atoms with Crippen molar-refractivity contribution in [1.82, 2.24) is 14.9 Å². The average molecular weight is 209 g/mol. The van der Waals surface area contributed by atoms with Crippen LogP contribution in [0.1, 0.15) is 12.8 Å². The largest absolute Gasteiger partial charge is 0.381 e. The van der Waals surface area contributed by atoms with Crippen molar-refractivity contribution in [2.75, 3.05) is 26.3 Å². The molecule has 2 heterocycles. The van der Waals surface area contributed by atoms with E-state index in [1.807, 2.05) is 18.7 Å². The molecule has 0 saturated carbocycles. The summed E-state index contributed by atoms with van der Waals surface area (Å²) >= 11 is 0. The van der Waals surface area contributed by atoms with E-state index in [2.05, 4.69) is 14.9 Å². The maximum absolute atomic E-state index is 5.32. The second kappa shape index (κ2) is 5.88. The monoisotopic (exact) mass is 209 g/mol. The van der Waals surface area contributed by atoms with Gasteiger partial charge >= 0.3 is 0 Å². The summed E-state index contributed by atoms with van der Waals surface area (Å²) in [6, 6.07) is 0. The molecule has 1 atom stereocenters. The van der Waals surface area contributed by atoms with Gasteiger partial charge in [-0.05, 0) is 25.3 Å². The van der Waals surface area contributed by atoms with Crippen molar-refractivity contribution in [3.8, 4) is 0 Å². The predicted octanol–water partition coefficient (Wildman–Crippen LogP) is 0.899. The SMILES string of the molecule is c1cn(CCCNCC2CCOC2)cn1. The highest BCUT2D eigenvalue weighted by Gasteiger charge is 2.14. The normalized spacial score (nSPS) is 20.9. The summed E-state index contributed by atoms with van der Waals surface area (Å²) in [5.41, 5.74) is 0. The first-order chi connectivity index (χ1) is 7.45. The van der Waals surface area contributed by atoms with E-state index >= 15 is 0 Å². The molecule has 2 rings (SSSR count). The van der Waals surface area contributed by atoms with Crippen LogP contribution in [0.15, 0.2) is 18.7 Å². The van der Waals surface area contributed by atoms with E-state index in [0.717, 1.165) is 45.2 Å². The Morgan fingerprint density at radius 2 is 2.53 bits per heavy atom. The number of hydrogen-bond donors (Lipinski definition) is 1. The molecule has 84 valence electrons. The summed E-state index contributed by atoms with van der Waals surface area (Å²) in [7, 11) is 0.